The summed E-state index contributed by atoms with van der Waals surface area (Å²) in [6, 6.07) is 16.3. The minimum Gasteiger partial charge on any atom is -0.318 e. The van der Waals surface area contributed by atoms with Crippen molar-refractivity contribution in [1.82, 2.24) is 0 Å². The SMILES string of the molecule is CC1=NN=C2CN=C(c3ccccc3)c3cc(Cl)ccc3N2C1C.Cl. The zero-order chi connectivity index (χ0) is 16.7. The molecular formula is C19H18Cl2N4. The maximum absolute atomic E-state index is 6.30. The number of rotatable bonds is 1. The minimum atomic E-state index is 0. The molecule has 1 unspecified atom stereocenters. The van der Waals surface area contributed by atoms with Gasteiger partial charge in [0.15, 0.2) is 5.84 Å². The second-order valence-corrected chi connectivity index (χ2v) is 6.43. The fourth-order valence-electron chi connectivity index (χ4n) is 3.12. The van der Waals surface area contributed by atoms with Crippen molar-refractivity contribution in [2.45, 2.75) is 19.9 Å². The lowest BCUT2D eigenvalue weighted by Crippen LogP contribution is -2.46. The van der Waals surface area contributed by atoms with E-state index in [2.05, 4.69) is 34.2 Å². The molecule has 25 heavy (non-hydrogen) atoms. The van der Waals surface area contributed by atoms with Crippen LogP contribution in [0, 0.1) is 0 Å². The van der Waals surface area contributed by atoms with E-state index in [-0.39, 0.29) is 18.4 Å². The normalized spacial score (nSPS) is 18.8. The molecule has 0 bridgehead atoms. The molecule has 4 rings (SSSR count). The van der Waals surface area contributed by atoms with Gasteiger partial charge in [-0.2, -0.15) is 5.10 Å². The molecule has 2 heterocycles. The topological polar surface area (TPSA) is 40.3 Å². The molecular weight excluding hydrogens is 355 g/mol. The average Bonchev–Trinajstić information content (AvgIpc) is 2.76. The first-order chi connectivity index (χ1) is 11.6. The molecule has 2 aliphatic rings. The lowest BCUT2D eigenvalue weighted by atomic mass is 9.99. The van der Waals surface area contributed by atoms with E-state index < -0.39 is 0 Å². The van der Waals surface area contributed by atoms with Crippen molar-refractivity contribution in [2.75, 3.05) is 11.4 Å². The van der Waals surface area contributed by atoms with Gasteiger partial charge in [0.05, 0.1) is 29.7 Å². The lowest BCUT2D eigenvalue weighted by molar-refractivity contribution is 0.871. The van der Waals surface area contributed by atoms with Crippen molar-refractivity contribution >= 4 is 47.0 Å². The zero-order valence-electron chi connectivity index (χ0n) is 14.0. The largest absolute Gasteiger partial charge is 0.318 e. The van der Waals surface area contributed by atoms with Gasteiger partial charge >= 0.3 is 0 Å². The van der Waals surface area contributed by atoms with Gasteiger partial charge in [-0.05, 0) is 32.0 Å². The third-order valence-electron chi connectivity index (χ3n) is 4.49. The van der Waals surface area contributed by atoms with Crippen molar-refractivity contribution in [3.63, 3.8) is 0 Å². The van der Waals surface area contributed by atoms with Crippen LogP contribution in [0.25, 0.3) is 0 Å². The van der Waals surface area contributed by atoms with Crippen LogP contribution in [0.15, 0.2) is 63.7 Å². The summed E-state index contributed by atoms with van der Waals surface area (Å²) in [6.45, 7) is 4.64. The molecule has 0 spiro atoms. The summed E-state index contributed by atoms with van der Waals surface area (Å²) in [7, 11) is 0. The predicted molar refractivity (Wildman–Crippen MR) is 108 cm³/mol. The molecule has 0 saturated heterocycles. The Hall–Kier alpha value is -2.17. The van der Waals surface area contributed by atoms with Gasteiger partial charge in [0.1, 0.15) is 0 Å². The van der Waals surface area contributed by atoms with Gasteiger partial charge in [0, 0.05) is 16.1 Å². The molecule has 4 nitrogen and oxygen atoms in total. The fourth-order valence-corrected chi connectivity index (χ4v) is 3.29. The van der Waals surface area contributed by atoms with Crippen LogP contribution in [0.5, 0.6) is 0 Å². The Labute approximate surface area is 158 Å². The Morgan fingerprint density at radius 1 is 1.08 bits per heavy atom. The van der Waals surface area contributed by atoms with Crippen molar-refractivity contribution in [1.29, 1.82) is 0 Å². The van der Waals surface area contributed by atoms with E-state index in [4.69, 9.17) is 16.6 Å². The molecule has 0 amide bonds. The highest BCUT2D eigenvalue weighted by Gasteiger charge is 2.31. The van der Waals surface area contributed by atoms with Crippen molar-refractivity contribution in [3.8, 4) is 0 Å². The van der Waals surface area contributed by atoms with Gasteiger partial charge in [-0.3, -0.25) is 4.99 Å². The molecule has 0 aliphatic carbocycles. The molecule has 1 atom stereocenters. The van der Waals surface area contributed by atoms with Crippen LogP contribution in [0.2, 0.25) is 5.02 Å². The molecule has 0 N–H and O–H groups in total. The van der Waals surface area contributed by atoms with Gasteiger partial charge in [-0.15, -0.1) is 17.5 Å². The minimum absolute atomic E-state index is 0. The monoisotopic (exact) mass is 372 g/mol. The predicted octanol–water partition coefficient (Wildman–Crippen LogP) is 4.60. The first-order valence-electron chi connectivity index (χ1n) is 7.95. The van der Waals surface area contributed by atoms with Crippen LogP contribution in [-0.4, -0.2) is 29.8 Å². The third kappa shape index (κ3) is 3.08. The van der Waals surface area contributed by atoms with Crippen LogP contribution < -0.4 is 4.90 Å². The Kier molecular flexibility index (Phi) is 4.93. The van der Waals surface area contributed by atoms with E-state index >= 15 is 0 Å². The van der Waals surface area contributed by atoms with Crippen molar-refractivity contribution in [2.24, 2.45) is 15.2 Å². The molecule has 0 saturated carbocycles. The van der Waals surface area contributed by atoms with E-state index in [0.29, 0.717) is 11.6 Å². The summed E-state index contributed by atoms with van der Waals surface area (Å²) in [6.07, 6.45) is 0. The lowest BCUT2D eigenvalue weighted by Gasteiger charge is -2.33. The smallest absolute Gasteiger partial charge is 0.154 e. The van der Waals surface area contributed by atoms with Crippen molar-refractivity contribution < 1.29 is 0 Å². The molecule has 0 aromatic heterocycles. The van der Waals surface area contributed by atoms with Crippen LogP contribution in [-0.2, 0) is 0 Å². The summed E-state index contributed by atoms with van der Waals surface area (Å²) < 4.78 is 0. The second-order valence-electron chi connectivity index (χ2n) is 6.00. The quantitative estimate of drug-likeness (QED) is 0.721. The zero-order valence-corrected chi connectivity index (χ0v) is 15.6. The van der Waals surface area contributed by atoms with Crippen LogP contribution >= 0.6 is 24.0 Å². The summed E-state index contributed by atoms with van der Waals surface area (Å²) in [5, 5.41) is 9.38. The van der Waals surface area contributed by atoms with Gasteiger partial charge in [-0.25, -0.2) is 0 Å². The van der Waals surface area contributed by atoms with E-state index in [9.17, 15) is 0 Å². The maximum atomic E-state index is 6.30. The maximum Gasteiger partial charge on any atom is 0.154 e. The van der Waals surface area contributed by atoms with Gasteiger partial charge < -0.3 is 4.90 Å². The molecule has 0 fully saturated rings. The molecule has 2 aromatic carbocycles. The number of fused-ring (bicyclic) bond motifs is 3. The molecule has 6 heteroatoms. The second kappa shape index (κ2) is 6.98. The Morgan fingerprint density at radius 3 is 2.60 bits per heavy atom. The molecule has 2 aromatic rings. The van der Waals surface area contributed by atoms with Crippen LogP contribution in [0.4, 0.5) is 5.69 Å². The third-order valence-corrected chi connectivity index (χ3v) is 4.73. The van der Waals surface area contributed by atoms with E-state index in [0.717, 1.165) is 34.1 Å². The van der Waals surface area contributed by atoms with Crippen LogP contribution in [0.1, 0.15) is 25.0 Å². The molecule has 2 aliphatic heterocycles. The average molecular weight is 373 g/mol. The van der Waals surface area contributed by atoms with Gasteiger partial charge in [-0.1, -0.05) is 41.9 Å². The Morgan fingerprint density at radius 2 is 1.84 bits per heavy atom. The number of halogens is 2. The molecule has 128 valence electrons. The Bertz CT molecular complexity index is 888. The van der Waals surface area contributed by atoms with Gasteiger partial charge in [0.2, 0.25) is 0 Å². The highest BCUT2D eigenvalue weighted by atomic mass is 35.5. The van der Waals surface area contributed by atoms with E-state index in [1.807, 2.05) is 43.3 Å². The fraction of sp³-hybridized carbons (Fsp3) is 0.211. The standard InChI is InChI=1S/C19H17ClN4.ClH/c1-12-13(2)24-17-9-8-15(20)10-16(17)19(14-6-4-3-5-7-14)21-11-18(24)23-22-12;/h3-10,13H,11H2,1-2H3;1H. The first-order valence-corrected chi connectivity index (χ1v) is 8.33. The van der Waals surface area contributed by atoms with E-state index in [1.54, 1.807) is 0 Å². The van der Waals surface area contributed by atoms with E-state index in [1.165, 1.54) is 0 Å². The first kappa shape index (κ1) is 17.6. The Balaban J connectivity index is 0.00000182. The highest BCUT2D eigenvalue weighted by molar-refractivity contribution is 6.32. The van der Waals surface area contributed by atoms with Crippen molar-refractivity contribution in [3.05, 3.63) is 64.7 Å². The summed E-state index contributed by atoms with van der Waals surface area (Å²) in [4.78, 5) is 7.05. The summed E-state index contributed by atoms with van der Waals surface area (Å²) >= 11 is 6.30. The number of benzene rings is 2. The number of aliphatic imine (C=N–C) groups is 1. The number of hydrogen-bond donors (Lipinski definition) is 0. The highest BCUT2D eigenvalue weighted by Crippen LogP contribution is 2.32. The summed E-state index contributed by atoms with van der Waals surface area (Å²) in [5.74, 6) is 0.864. The van der Waals surface area contributed by atoms with Crippen LogP contribution in [0.3, 0.4) is 0 Å². The number of amidine groups is 1. The number of hydrogen-bond acceptors (Lipinski definition) is 4. The number of nitrogens with zero attached hydrogens (tertiary/aromatic N) is 4. The number of anilines is 1. The summed E-state index contributed by atoms with van der Waals surface area (Å²) in [5.41, 5.74) is 5.10. The molecule has 0 radical (unpaired) electrons. The van der Waals surface area contributed by atoms with Gasteiger partial charge in [0.25, 0.3) is 0 Å².